The average molecular weight is 386 g/mol. The van der Waals surface area contributed by atoms with Gasteiger partial charge in [0.15, 0.2) is 11.6 Å². The molecule has 1 aromatic rings. The van der Waals surface area contributed by atoms with Crippen LogP contribution in [0.1, 0.15) is 44.1 Å². The molecule has 2 N–H and O–H groups in total. The summed E-state index contributed by atoms with van der Waals surface area (Å²) in [6.07, 6.45) is 1.15. The van der Waals surface area contributed by atoms with Crippen LogP contribution < -0.4 is 20.1 Å². The lowest BCUT2D eigenvalue weighted by molar-refractivity contribution is -0.122. The molecular formula is C19H25F3N2O3. The molecule has 0 aromatic heterocycles. The number of carbonyl (C=O) groups excluding carboxylic acids is 1. The number of carbonyl (C=O) groups is 1. The largest absolute Gasteiger partial charge is 0.496 e. The maximum Gasteiger partial charge on any atom is 0.248 e. The van der Waals surface area contributed by atoms with Gasteiger partial charge in [-0.3, -0.25) is 4.79 Å². The molecule has 0 bridgehead atoms. The van der Waals surface area contributed by atoms with E-state index in [4.69, 9.17) is 9.47 Å². The number of amides is 1. The van der Waals surface area contributed by atoms with Crippen LogP contribution >= 0.6 is 0 Å². The molecule has 8 heteroatoms. The Morgan fingerprint density at radius 3 is 2.63 bits per heavy atom. The molecule has 0 spiro atoms. The second kappa shape index (κ2) is 8.37. The van der Waals surface area contributed by atoms with Crippen LogP contribution in [0, 0.1) is 5.82 Å². The predicted molar refractivity (Wildman–Crippen MR) is 93.7 cm³/mol. The van der Waals surface area contributed by atoms with Gasteiger partial charge in [0.05, 0.1) is 19.3 Å². The van der Waals surface area contributed by atoms with Gasteiger partial charge in [0.2, 0.25) is 11.8 Å². The molecule has 1 saturated carbocycles. The van der Waals surface area contributed by atoms with Crippen LogP contribution in [0.3, 0.4) is 0 Å². The Morgan fingerprint density at radius 1 is 1.26 bits per heavy atom. The second-order valence-corrected chi connectivity index (χ2v) is 7.13. The molecule has 1 aliphatic heterocycles. The Kier molecular flexibility index (Phi) is 6.14. The van der Waals surface area contributed by atoms with Gasteiger partial charge in [-0.15, -0.1) is 0 Å². The van der Waals surface area contributed by atoms with Crippen molar-refractivity contribution >= 4 is 5.91 Å². The molecular weight excluding hydrogens is 361 g/mol. The fourth-order valence-corrected chi connectivity index (χ4v) is 3.52. The average Bonchev–Trinajstić information content (AvgIpc) is 3.18. The molecule has 1 heterocycles. The maximum absolute atomic E-state index is 14.4. The van der Waals surface area contributed by atoms with E-state index in [-0.39, 0.29) is 49.9 Å². The minimum Gasteiger partial charge on any atom is -0.496 e. The zero-order valence-electron chi connectivity index (χ0n) is 15.3. The van der Waals surface area contributed by atoms with Crippen LogP contribution in [0.4, 0.5) is 13.2 Å². The predicted octanol–water partition coefficient (Wildman–Crippen LogP) is 3.16. The molecule has 2 fully saturated rings. The number of benzene rings is 1. The quantitative estimate of drug-likeness (QED) is 0.789. The smallest absolute Gasteiger partial charge is 0.248 e. The monoisotopic (exact) mass is 386 g/mol. The topological polar surface area (TPSA) is 59.6 Å². The fourth-order valence-electron chi connectivity index (χ4n) is 3.52. The van der Waals surface area contributed by atoms with Crippen LogP contribution in [0.5, 0.6) is 11.5 Å². The summed E-state index contributed by atoms with van der Waals surface area (Å²) in [7, 11) is 1.45. The highest BCUT2D eigenvalue weighted by Crippen LogP contribution is 2.36. The molecule has 3 rings (SSSR count). The summed E-state index contributed by atoms with van der Waals surface area (Å²) in [5, 5.41) is 5.88. The summed E-state index contributed by atoms with van der Waals surface area (Å²) in [6.45, 7) is 0.947. The van der Waals surface area contributed by atoms with E-state index in [0.717, 1.165) is 19.4 Å². The highest BCUT2D eigenvalue weighted by atomic mass is 19.3. The third-order valence-electron chi connectivity index (χ3n) is 5.12. The first-order valence-corrected chi connectivity index (χ1v) is 9.30. The molecule has 1 aliphatic carbocycles. The Labute approximate surface area is 156 Å². The van der Waals surface area contributed by atoms with Crippen LogP contribution in [0.25, 0.3) is 0 Å². The van der Waals surface area contributed by atoms with Crippen molar-refractivity contribution in [3.8, 4) is 11.5 Å². The SMILES string of the molecule is COc1cc(OC2CCC(F)(F)CC2)c(F)cc1CNC(=O)C1CCCN1. The molecule has 1 atom stereocenters. The molecule has 2 aliphatic rings. The second-order valence-electron chi connectivity index (χ2n) is 7.13. The first-order chi connectivity index (χ1) is 12.9. The Hall–Kier alpha value is -1.96. The van der Waals surface area contributed by atoms with Crippen molar-refractivity contribution in [2.45, 2.75) is 63.1 Å². The maximum atomic E-state index is 14.4. The van der Waals surface area contributed by atoms with Gasteiger partial charge in [-0.25, -0.2) is 13.2 Å². The van der Waals surface area contributed by atoms with Crippen LogP contribution in [-0.2, 0) is 11.3 Å². The number of methoxy groups -OCH3 is 1. The lowest BCUT2D eigenvalue weighted by Crippen LogP contribution is -2.40. The third kappa shape index (κ3) is 5.06. The standard InChI is InChI=1S/C19H25F3N2O3/c1-26-16-10-17(27-13-4-6-19(21,22)7-5-13)14(20)9-12(16)11-24-18(25)15-3-2-8-23-15/h9-10,13,15,23H,2-8,11H2,1H3,(H,24,25). The minimum atomic E-state index is -2.66. The van der Waals surface area contributed by atoms with E-state index in [0.29, 0.717) is 11.3 Å². The molecule has 1 amide bonds. The minimum absolute atomic E-state index is 0.0189. The van der Waals surface area contributed by atoms with Crippen LogP contribution in [-0.4, -0.2) is 37.6 Å². The molecule has 0 radical (unpaired) electrons. The Bertz CT molecular complexity index is 668. The molecule has 1 unspecified atom stereocenters. The van der Waals surface area contributed by atoms with Gasteiger partial charge in [-0.2, -0.15) is 0 Å². The number of alkyl halides is 2. The summed E-state index contributed by atoms with van der Waals surface area (Å²) in [5.74, 6) is -3.02. The van der Waals surface area contributed by atoms with Gasteiger partial charge in [-0.05, 0) is 38.3 Å². The zero-order chi connectivity index (χ0) is 19.4. The summed E-state index contributed by atoms with van der Waals surface area (Å²) in [6, 6.07) is 2.46. The van der Waals surface area contributed by atoms with Crippen molar-refractivity contribution in [1.82, 2.24) is 10.6 Å². The van der Waals surface area contributed by atoms with Gasteiger partial charge >= 0.3 is 0 Å². The van der Waals surface area contributed by atoms with Gasteiger partial charge < -0.3 is 20.1 Å². The van der Waals surface area contributed by atoms with E-state index >= 15 is 0 Å². The Balaban J connectivity index is 1.63. The summed E-state index contributed by atoms with van der Waals surface area (Å²) >= 11 is 0. The number of rotatable bonds is 6. The summed E-state index contributed by atoms with van der Waals surface area (Å²) < 4.78 is 51.8. The summed E-state index contributed by atoms with van der Waals surface area (Å²) in [4.78, 5) is 12.1. The molecule has 27 heavy (non-hydrogen) atoms. The highest BCUT2D eigenvalue weighted by Gasteiger charge is 2.36. The normalized spacial score (nSPS) is 22.4. The third-order valence-corrected chi connectivity index (χ3v) is 5.12. The van der Waals surface area contributed by atoms with Gasteiger partial charge in [0.25, 0.3) is 0 Å². The van der Waals surface area contributed by atoms with Crippen molar-refractivity contribution in [3.63, 3.8) is 0 Å². The van der Waals surface area contributed by atoms with E-state index in [1.54, 1.807) is 0 Å². The number of nitrogens with one attached hydrogen (secondary N) is 2. The van der Waals surface area contributed by atoms with Gasteiger partial charge in [-0.1, -0.05) is 0 Å². The number of hydrogen-bond acceptors (Lipinski definition) is 4. The molecule has 1 aromatic carbocycles. The lowest BCUT2D eigenvalue weighted by Gasteiger charge is -2.29. The van der Waals surface area contributed by atoms with Crippen molar-refractivity contribution in [1.29, 1.82) is 0 Å². The fraction of sp³-hybridized carbons (Fsp3) is 0.632. The first-order valence-electron chi connectivity index (χ1n) is 9.30. The molecule has 1 saturated heterocycles. The van der Waals surface area contributed by atoms with E-state index < -0.39 is 17.8 Å². The number of halogens is 3. The van der Waals surface area contributed by atoms with Gasteiger partial charge in [0.1, 0.15) is 5.75 Å². The van der Waals surface area contributed by atoms with Crippen molar-refractivity contribution < 1.29 is 27.4 Å². The highest BCUT2D eigenvalue weighted by molar-refractivity contribution is 5.82. The van der Waals surface area contributed by atoms with Gasteiger partial charge in [0, 0.05) is 31.0 Å². The summed E-state index contributed by atoms with van der Waals surface area (Å²) in [5.41, 5.74) is 0.490. The first kappa shape index (κ1) is 19.8. The van der Waals surface area contributed by atoms with Crippen molar-refractivity contribution in [2.24, 2.45) is 0 Å². The Morgan fingerprint density at radius 2 is 2.00 bits per heavy atom. The number of hydrogen-bond donors (Lipinski definition) is 2. The van der Waals surface area contributed by atoms with Crippen LogP contribution in [0.2, 0.25) is 0 Å². The van der Waals surface area contributed by atoms with Crippen molar-refractivity contribution in [2.75, 3.05) is 13.7 Å². The molecule has 150 valence electrons. The van der Waals surface area contributed by atoms with Crippen LogP contribution in [0.15, 0.2) is 12.1 Å². The van der Waals surface area contributed by atoms with Crippen molar-refractivity contribution in [3.05, 3.63) is 23.5 Å². The van der Waals surface area contributed by atoms with E-state index in [2.05, 4.69) is 10.6 Å². The number of ether oxygens (including phenoxy) is 2. The zero-order valence-corrected chi connectivity index (χ0v) is 15.3. The van der Waals surface area contributed by atoms with E-state index in [1.165, 1.54) is 19.2 Å². The lowest BCUT2D eigenvalue weighted by atomic mass is 9.94. The van der Waals surface area contributed by atoms with E-state index in [1.807, 2.05) is 0 Å². The van der Waals surface area contributed by atoms with E-state index in [9.17, 15) is 18.0 Å². The molecule has 5 nitrogen and oxygen atoms in total.